The van der Waals surface area contributed by atoms with Crippen molar-refractivity contribution in [3.05, 3.63) is 70.8 Å². The Hall–Kier alpha value is -3.12. The molecule has 2 aromatic rings. The van der Waals surface area contributed by atoms with E-state index in [-0.39, 0.29) is 23.3 Å². The molecule has 1 aliphatic heterocycles. The molecule has 4 rings (SSSR count). The SMILES string of the molecule is CNCC(C)(C)CC1Cc2ccccc2CCC(C)C1NC(=O)c1ccc2c(c1)NCCCNC(=O)C=C2. The third-order valence-corrected chi connectivity index (χ3v) is 8.06. The molecule has 2 aromatic carbocycles. The summed E-state index contributed by atoms with van der Waals surface area (Å²) in [4.78, 5) is 25.7. The van der Waals surface area contributed by atoms with Gasteiger partial charge in [-0.05, 0) is 97.8 Å². The monoisotopic (exact) mass is 516 g/mol. The Morgan fingerprint density at radius 1 is 1.05 bits per heavy atom. The molecule has 0 fully saturated rings. The van der Waals surface area contributed by atoms with E-state index in [4.69, 9.17) is 0 Å². The van der Waals surface area contributed by atoms with Gasteiger partial charge in [-0.2, -0.15) is 0 Å². The van der Waals surface area contributed by atoms with E-state index < -0.39 is 0 Å². The Balaban J connectivity index is 1.60. The topological polar surface area (TPSA) is 82.3 Å². The molecule has 2 amide bonds. The van der Waals surface area contributed by atoms with Crippen LogP contribution in [-0.2, 0) is 17.6 Å². The van der Waals surface area contributed by atoms with Crippen LogP contribution in [-0.4, -0.2) is 44.5 Å². The minimum atomic E-state index is -0.0910. The van der Waals surface area contributed by atoms with Crippen molar-refractivity contribution >= 4 is 23.6 Å². The van der Waals surface area contributed by atoms with Gasteiger partial charge in [0.25, 0.3) is 5.91 Å². The minimum Gasteiger partial charge on any atom is -0.384 e. The molecule has 0 saturated carbocycles. The molecule has 0 saturated heterocycles. The molecule has 38 heavy (non-hydrogen) atoms. The molecule has 0 radical (unpaired) electrons. The quantitative estimate of drug-likeness (QED) is 0.444. The standard InChI is InChI=1S/C32H44N4O2/c1-22-10-11-23-8-5-6-9-25(23)18-27(20-32(2,3)21-33-4)30(22)36-31(38)26-13-12-24-14-15-29(37)35-17-7-16-34-28(24)19-26/h5-6,8-9,12-15,19,22,27,30,33-34H,7,10-11,16-18,20-21H2,1-4H3,(H,35,37)(H,36,38). The predicted octanol–water partition coefficient (Wildman–Crippen LogP) is 4.81. The molecule has 204 valence electrons. The van der Waals surface area contributed by atoms with Gasteiger partial charge < -0.3 is 21.3 Å². The average molecular weight is 517 g/mol. The molecule has 3 unspecified atom stereocenters. The van der Waals surface area contributed by atoms with E-state index in [1.165, 1.54) is 11.1 Å². The van der Waals surface area contributed by atoms with Crippen molar-refractivity contribution in [1.82, 2.24) is 16.0 Å². The van der Waals surface area contributed by atoms with Crippen LogP contribution in [0.4, 0.5) is 5.69 Å². The summed E-state index contributed by atoms with van der Waals surface area (Å²) in [5.41, 5.74) is 5.41. The third kappa shape index (κ3) is 7.25. The first kappa shape index (κ1) is 27.9. The summed E-state index contributed by atoms with van der Waals surface area (Å²) in [7, 11) is 2.01. The number of benzene rings is 2. The maximum Gasteiger partial charge on any atom is 0.251 e. The molecular weight excluding hydrogens is 472 g/mol. The van der Waals surface area contributed by atoms with Gasteiger partial charge in [-0.25, -0.2) is 0 Å². The first-order valence-corrected chi connectivity index (χ1v) is 14.1. The largest absolute Gasteiger partial charge is 0.384 e. The summed E-state index contributed by atoms with van der Waals surface area (Å²) in [5, 5.41) is 13.2. The molecule has 1 heterocycles. The van der Waals surface area contributed by atoms with Crippen LogP contribution in [0.15, 0.2) is 48.5 Å². The van der Waals surface area contributed by atoms with Gasteiger partial charge in [0.15, 0.2) is 0 Å². The number of hydrogen-bond donors (Lipinski definition) is 4. The van der Waals surface area contributed by atoms with Crippen molar-refractivity contribution in [2.75, 3.05) is 32.0 Å². The van der Waals surface area contributed by atoms with Gasteiger partial charge in [0.1, 0.15) is 0 Å². The van der Waals surface area contributed by atoms with Crippen molar-refractivity contribution in [3.63, 3.8) is 0 Å². The molecular formula is C32H44N4O2. The molecule has 6 nitrogen and oxygen atoms in total. The second kappa shape index (κ2) is 12.6. The molecule has 6 heteroatoms. The molecule has 4 N–H and O–H groups in total. The second-order valence-corrected chi connectivity index (χ2v) is 11.9. The summed E-state index contributed by atoms with van der Waals surface area (Å²) in [6, 6.07) is 14.6. The lowest BCUT2D eigenvalue weighted by Gasteiger charge is -2.39. The van der Waals surface area contributed by atoms with Crippen LogP contribution < -0.4 is 21.3 Å². The highest BCUT2D eigenvalue weighted by Crippen LogP contribution is 2.35. The van der Waals surface area contributed by atoms with Gasteiger partial charge in [0, 0.05) is 36.5 Å². The Labute approximate surface area is 228 Å². The highest BCUT2D eigenvalue weighted by molar-refractivity contribution is 5.97. The number of anilines is 1. The van der Waals surface area contributed by atoms with Gasteiger partial charge in [-0.15, -0.1) is 0 Å². The second-order valence-electron chi connectivity index (χ2n) is 11.9. The first-order chi connectivity index (χ1) is 18.3. The average Bonchev–Trinajstić information content (AvgIpc) is 2.88. The lowest BCUT2D eigenvalue weighted by molar-refractivity contribution is -0.116. The summed E-state index contributed by atoms with van der Waals surface area (Å²) < 4.78 is 0. The van der Waals surface area contributed by atoms with Crippen molar-refractivity contribution in [1.29, 1.82) is 0 Å². The van der Waals surface area contributed by atoms with E-state index in [9.17, 15) is 9.59 Å². The van der Waals surface area contributed by atoms with Crippen LogP contribution in [0.3, 0.4) is 0 Å². The summed E-state index contributed by atoms with van der Waals surface area (Å²) in [6.07, 6.45) is 8.26. The zero-order valence-electron chi connectivity index (χ0n) is 23.4. The van der Waals surface area contributed by atoms with Gasteiger partial charge >= 0.3 is 0 Å². The smallest absolute Gasteiger partial charge is 0.251 e. The van der Waals surface area contributed by atoms with E-state index in [1.54, 1.807) is 12.2 Å². The summed E-state index contributed by atoms with van der Waals surface area (Å²) in [6.45, 7) is 9.21. The normalized spacial score (nSPS) is 22.1. The number of hydrogen-bond acceptors (Lipinski definition) is 4. The lowest BCUT2D eigenvalue weighted by Crippen LogP contribution is -2.48. The van der Waals surface area contributed by atoms with E-state index in [0.29, 0.717) is 23.9 Å². The number of carbonyl (C=O) groups excluding carboxylic acids is 2. The summed E-state index contributed by atoms with van der Waals surface area (Å²) in [5.74, 6) is 0.566. The predicted molar refractivity (Wildman–Crippen MR) is 156 cm³/mol. The number of carbonyl (C=O) groups is 2. The number of amides is 2. The van der Waals surface area contributed by atoms with Gasteiger partial charge in [0.05, 0.1) is 0 Å². The molecule has 0 spiro atoms. The highest BCUT2D eigenvalue weighted by atomic mass is 16.2. The molecule has 3 atom stereocenters. The van der Waals surface area contributed by atoms with Crippen molar-refractivity contribution < 1.29 is 9.59 Å². The zero-order valence-corrected chi connectivity index (χ0v) is 23.4. The van der Waals surface area contributed by atoms with E-state index in [0.717, 1.165) is 56.4 Å². The van der Waals surface area contributed by atoms with Crippen LogP contribution in [0.1, 0.15) is 67.1 Å². The van der Waals surface area contributed by atoms with E-state index in [2.05, 4.69) is 66.3 Å². The Bertz CT molecular complexity index is 1160. The molecule has 0 bridgehead atoms. The van der Waals surface area contributed by atoms with Gasteiger partial charge in [0.2, 0.25) is 5.91 Å². The maximum atomic E-state index is 13.7. The lowest BCUT2D eigenvalue weighted by atomic mass is 9.71. The fourth-order valence-corrected chi connectivity index (χ4v) is 6.14. The Morgan fingerprint density at radius 3 is 2.61 bits per heavy atom. The Morgan fingerprint density at radius 2 is 1.82 bits per heavy atom. The van der Waals surface area contributed by atoms with Gasteiger partial charge in [-0.3, -0.25) is 9.59 Å². The number of fused-ring (bicyclic) bond motifs is 2. The van der Waals surface area contributed by atoms with Crippen LogP contribution >= 0.6 is 0 Å². The van der Waals surface area contributed by atoms with Crippen molar-refractivity contribution in [2.24, 2.45) is 17.3 Å². The van der Waals surface area contributed by atoms with Crippen LogP contribution in [0.5, 0.6) is 0 Å². The number of aryl methyl sites for hydroxylation is 1. The van der Waals surface area contributed by atoms with Crippen LogP contribution in [0, 0.1) is 17.3 Å². The number of rotatable bonds is 6. The van der Waals surface area contributed by atoms with Gasteiger partial charge in [-0.1, -0.05) is 51.1 Å². The Kier molecular flexibility index (Phi) is 9.26. The summed E-state index contributed by atoms with van der Waals surface area (Å²) >= 11 is 0. The van der Waals surface area contributed by atoms with Crippen molar-refractivity contribution in [2.45, 2.75) is 58.9 Å². The molecule has 0 aromatic heterocycles. The van der Waals surface area contributed by atoms with E-state index >= 15 is 0 Å². The van der Waals surface area contributed by atoms with Crippen molar-refractivity contribution in [3.8, 4) is 0 Å². The van der Waals surface area contributed by atoms with Crippen LogP contribution in [0.2, 0.25) is 0 Å². The zero-order chi connectivity index (χ0) is 27.1. The molecule has 1 aliphatic carbocycles. The molecule has 2 aliphatic rings. The van der Waals surface area contributed by atoms with E-state index in [1.807, 2.05) is 25.2 Å². The fourth-order valence-electron chi connectivity index (χ4n) is 6.14. The minimum absolute atomic E-state index is 0.0319. The highest BCUT2D eigenvalue weighted by Gasteiger charge is 2.35. The fraction of sp³-hybridized carbons (Fsp3) is 0.500. The van der Waals surface area contributed by atoms with Crippen LogP contribution in [0.25, 0.3) is 6.08 Å². The number of nitrogens with one attached hydrogen (secondary N) is 4. The third-order valence-electron chi connectivity index (χ3n) is 8.06. The maximum absolute atomic E-state index is 13.7. The first-order valence-electron chi connectivity index (χ1n) is 14.1.